The van der Waals surface area contributed by atoms with Gasteiger partial charge in [-0.1, -0.05) is 40.0 Å². The van der Waals surface area contributed by atoms with Crippen molar-refractivity contribution in [1.82, 2.24) is 5.32 Å². The number of rotatable bonds is 7. The lowest BCUT2D eigenvalue weighted by Crippen LogP contribution is -2.39. The summed E-state index contributed by atoms with van der Waals surface area (Å²) in [5, 5.41) is 13.8. The molecule has 0 aromatic heterocycles. The van der Waals surface area contributed by atoms with Crippen molar-refractivity contribution < 1.29 is 9.84 Å². The molecule has 4 atom stereocenters. The van der Waals surface area contributed by atoms with Crippen LogP contribution in [0.15, 0.2) is 0 Å². The van der Waals surface area contributed by atoms with Gasteiger partial charge in [0.25, 0.3) is 0 Å². The Kier molecular flexibility index (Phi) is 5.40. The van der Waals surface area contributed by atoms with Crippen molar-refractivity contribution in [2.75, 3.05) is 13.2 Å². The van der Waals surface area contributed by atoms with Gasteiger partial charge in [-0.15, -0.1) is 0 Å². The molecule has 0 aromatic rings. The Morgan fingerprint density at radius 3 is 2.48 bits per heavy atom. The fraction of sp³-hybridized carbons (Fsp3) is 1.00. The zero-order valence-electron chi connectivity index (χ0n) is 15.4. The molecule has 3 heteroatoms. The molecule has 0 aliphatic heterocycles. The Morgan fingerprint density at radius 1 is 1.13 bits per heavy atom. The first-order chi connectivity index (χ1) is 10.9. The van der Waals surface area contributed by atoms with Gasteiger partial charge in [0.1, 0.15) is 0 Å². The van der Waals surface area contributed by atoms with Gasteiger partial charge in [-0.05, 0) is 55.3 Å². The molecule has 3 rings (SSSR count). The maximum absolute atomic E-state index is 10.2. The van der Waals surface area contributed by atoms with Gasteiger partial charge in [0, 0.05) is 19.2 Å². The molecule has 3 fully saturated rings. The van der Waals surface area contributed by atoms with Crippen molar-refractivity contribution in [3.8, 4) is 0 Å². The number of nitrogens with one attached hydrogen (secondary N) is 1. The third-order valence-electron chi connectivity index (χ3n) is 7.73. The van der Waals surface area contributed by atoms with Crippen LogP contribution in [0.1, 0.15) is 78.6 Å². The van der Waals surface area contributed by atoms with Crippen molar-refractivity contribution in [2.24, 2.45) is 16.7 Å². The maximum Gasteiger partial charge on any atom is 0.0686 e. The van der Waals surface area contributed by atoms with Crippen molar-refractivity contribution in [2.45, 2.75) is 96.8 Å². The summed E-state index contributed by atoms with van der Waals surface area (Å²) in [6.07, 6.45) is 11.4. The van der Waals surface area contributed by atoms with Crippen LogP contribution in [0.2, 0.25) is 0 Å². The number of ether oxygens (including phenoxy) is 1. The van der Waals surface area contributed by atoms with Crippen LogP contribution in [0.3, 0.4) is 0 Å². The predicted octanol–water partition coefficient (Wildman–Crippen LogP) is 3.89. The lowest BCUT2D eigenvalue weighted by molar-refractivity contribution is -0.0547. The average Bonchev–Trinajstić information content (AvgIpc) is 2.87. The van der Waals surface area contributed by atoms with Gasteiger partial charge in [0.05, 0.1) is 12.2 Å². The molecule has 3 saturated carbocycles. The second-order valence-corrected chi connectivity index (χ2v) is 9.16. The number of aliphatic hydroxyl groups is 1. The van der Waals surface area contributed by atoms with E-state index in [1.165, 1.54) is 51.4 Å². The van der Waals surface area contributed by atoms with E-state index in [0.29, 0.717) is 29.6 Å². The van der Waals surface area contributed by atoms with Crippen LogP contribution in [0.25, 0.3) is 0 Å². The molecular weight excluding hydrogens is 286 g/mol. The summed E-state index contributed by atoms with van der Waals surface area (Å²) in [5.74, 6) is 0.829. The lowest BCUT2D eigenvalue weighted by atomic mass is 9.70. The van der Waals surface area contributed by atoms with Crippen LogP contribution in [0.4, 0.5) is 0 Å². The molecule has 0 radical (unpaired) electrons. The molecular formula is C20H37NO2. The van der Waals surface area contributed by atoms with E-state index >= 15 is 0 Å². The molecule has 0 aromatic carbocycles. The highest BCUT2D eigenvalue weighted by Gasteiger charge is 2.61. The van der Waals surface area contributed by atoms with Crippen molar-refractivity contribution in [3.63, 3.8) is 0 Å². The molecule has 4 unspecified atom stereocenters. The summed E-state index contributed by atoms with van der Waals surface area (Å²) in [6.45, 7) is 8.71. The Bertz CT molecular complexity index is 391. The molecule has 134 valence electrons. The SMILES string of the molecule is CC1(C)C2CCC1(C)C(OCCC(O)CNC1CCCCC1)C2. The predicted molar refractivity (Wildman–Crippen MR) is 94.5 cm³/mol. The smallest absolute Gasteiger partial charge is 0.0686 e. The topological polar surface area (TPSA) is 41.5 Å². The van der Waals surface area contributed by atoms with Crippen LogP contribution >= 0.6 is 0 Å². The molecule has 0 amide bonds. The fourth-order valence-electron chi connectivity index (χ4n) is 5.44. The Labute approximate surface area is 142 Å². The maximum atomic E-state index is 10.2. The molecule has 0 saturated heterocycles. The first kappa shape index (κ1) is 17.7. The minimum Gasteiger partial charge on any atom is -0.392 e. The number of aliphatic hydroxyl groups excluding tert-OH is 1. The summed E-state index contributed by atoms with van der Waals surface area (Å²) in [5.41, 5.74) is 0.752. The monoisotopic (exact) mass is 323 g/mol. The van der Waals surface area contributed by atoms with Crippen LogP contribution in [-0.2, 0) is 4.74 Å². The summed E-state index contributed by atoms with van der Waals surface area (Å²) in [4.78, 5) is 0. The molecule has 2 N–H and O–H groups in total. The van der Waals surface area contributed by atoms with E-state index in [9.17, 15) is 5.11 Å². The van der Waals surface area contributed by atoms with E-state index in [1.54, 1.807) is 0 Å². The molecule has 0 spiro atoms. The fourth-order valence-corrected chi connectivity index (χ4v) is 5.44. The Hall–Kier alpha value is -0.120. The van der Waals surface area contributed by atoms with E-state index in [4.69, 9.17) is 4.74 Å². The van der Waals surface area contributed by atoms with E-state index in [-0.39, 0.29) is 6.10 Å². The van der Waals surface area contributed by atoms with Gasteiger partial charge >= 0.3 is 0 Å². The molecule has 2 bridgehead atoms. The number of hydrogen-bond acceptors (Lipinski definition) is 3. The number of fused-ring (bicyclic) bond motifs is 2. The van der Waals surface area contributed by atoms with Gasteiger partial charge in [0.15, 0.2) is 0 Å². The highest BCUT2D eigenvalue weighted by Crippen LogP contribution is 2.66. The molecule has 23 heavy (non-hydrogen) atoms. The van der Waals surface area contributed by atoms with Crippen molar-refractivity contribution >= 4 is 0 Å². The van der Waals surface area contributed by atoms with Gasteiger partial charge in [-0.3, -0.25) is 0 Å². The van der Waals surface area contributed by atoms with Crippen LogP contribution < -0.4 is 5.32 Å². The quantitative estimate of drug-likeness (QED) is 0.747. The third kappa shape index (κ3) is 3.48. The van der Waals surface area contributed by atoms with Crippen molar-refractivity contribution in [3.05, 3.63) is 0 Å². The van der Waals surface area contributed by atoms with Gasteiger partial charge < -0.3 is 15.2 Å². The summed E-state index contributed by atoms with van der Waals surface area (Å²) in [7, 11) is 0. The molecule has 0 heterocycles. The van der Waals surface area contributed by atoms with Gasteiger partial charge in [0.2, 0.25) is 0 Å². The molecule has 3 nitrogen and oxygen atoms in total. The van der Waals surface area contributed by atoms with Crippen LogP contribution in [0.5, 0.6) is 0 Å². The van der Waals surface area contributed by atoms with Crippen molar-refractivity contribution in [1.29, 1.82) is 0 Å². The average molecular weight is 324 g/mol. The highest BCUT2D eigenvalue weighted by atomic mass is 16.5. The van der Waals surface area contributed by atoms with Gasteiger partial charge in [-0.25, -0.2) is 0 Å². The lowest BCUT2D eigenvalue weighted by Gasteiger charge is -2.39. The van der Waals surface area contributed by atoms with Crippen LogP contribution in [-0.4, -0.2) is 36.5 Å². The van der Waals surface area contributed by atoms with Crippen LogP contribution in [0, 0.1) is 16.7 Å². The van der Waals surface area contributed by atoms with Gasteiger partial charge in [-0.2, -0.15) is 0 Å². The zero-order chi connectivity index (χ0) is 16.5. The van der Waals surface area contributed by atoms with E-state index < -0.39 is 0 Å². The van der Waals surface area contributed by atoms with E-state index in [0.717, 1.165) is 18.9 Å². The Balaban J connectivity index is 1.35. The minimum absolute atomic E-state index is 0.267. The molecule has 3 aliphatic rings. The molecule has 3 aliphatic carbocycles. The standard InChI is InChI=1S/C20H37NO2/c1-19(2)15-9-11-20(19,3)18(13-15)23-12-10-17(22)14-21-16-7-5-4-6-8-16/h15-18,21-22H,4-14H2,1-3H3. The summed E-state index contributed by atoms with van der Waals surface area (Å²) < 4.78 is 6.25. The summed E-state index contributed by atoms with van der Waals surface area (Å²) >= 11 is 0. The number of hydrogen-bond donors (Lipinski definition) is 2. The van der Waals surface area contributed by atoms with E-state index in [1.807, 2.05) is 0 Å². The highest BCUT2D eigenvalue weighted by molar-refractivity contribution is 5.11. The second-order valence-electron chi connectivity index (χ2n) is 9.16. The zero-order valence-corrected chi connectivity index (χ0v) is 15.4. The largest absolute Gasteiger partial charge is 0.392 e. The summed E-state index contributed by atoms with van der Waals surface area (Å²) in [6, 6.07) is 0.629. The van der Waals surface area contributed by atoms with E-state index in [2.05, 4.69) is 26.1 Å². The minimum atomic E-state index is -0.267. The third-order valence-corrected chi connectivity index (χ3v) is 7.73. The first-order valence-electron chi connectivity index (χ1n) is 9.96. The first-order valence-corrected chi connectivity index (χ1v) is 9.96. The Morgan fingerprint density at radius 2 is 1.87 bits per heavy atom. The normalized spacial score (nSPS) is 38.1. The second kappa shape index (κ2) is 7.01.